The normalized spacial score (nSPS) is 11.3. The first-order valence-corrected chi connectivity index (χ1v) is 9.20. The van der Waals surface area contributed by atoms with E-state index in [1.807, 2.05) is 0 Å². The zero-order valence-corrected chi connectivity index (χ0v) is 14.8. The van der Waals surface area contributed by atoms with E-state index in [0.29, 0.717) is 0 Å². The molecule has 0 aliphatic heterocycles. The summed E-state index contributed by atoms with van der Waals surface area (Å²) in [6.45, 7) is 1.47. The number of sulfonamides is 1. The molecule has 0 bridgehead atoms. The summed E-state index contributed by atoms with van der Waals surface area (Å²) in [6.07, 6.45) is 1.22. The highest BCUT2D eigenvalue weighted by atomic mass is 32.2. The van der Waals surface area contributed by atoms with Crippen LogP contribution in [0, 0.1) is 24.4 Å². The molecule has 1 heterocycles. The van der Waals surface area contributed by atoms with Crippen molar-refractivity contribution in [3.63, 3.8) is 0 Å². The number of hydrogen-bond acceptors (Lipinski definition) is 4. The number of hydrogen-bond donors (Lipinski definition) is 2. The topological polar surface area (TPSA) is 71.1 Å². The fourth-order valence-electron chi connectivity index (χ4n) is 2.40. The predicted molar refractivity (Wildman–Crippen MR) is 95.8 cm³/mol. The molecule has 5 nitrogen and oxygen atoms in total. The van der Waals surface area contributed by atoms with Gasteiger partial charge in [0.15, 0.2) is 0 Å². The van der Waals surface area contributed by atoms with Crippen molar-refractivity contribution in [2.24, 2.45) is 0 Å². The number of rotatable bonds is 5. The molecule has 2 N–H and O–H groups in total. The lowest BCUT2D eigenvalue weighted by molar-refractivity contribution is 0.590. The van der Waals surface area contributed by atoms with Crippen molar-refractivity contribution >= 4 is 27.2 Å². The lowest BCUT2D eigenvalue weighted by Gasteiger charge is -2.11. The number of benzene rings is 2. The Kier molecular flexibility index (Phi) is 5.04. The highest BCUT2D eigenvalue weighted by molar-refractivity contribution is 7.92. The van der Waals surface area contributed by atoms with Crippen LogP contribution in [0.4, 0.5) is 30.4 Å². The summed E-state index contributed by atoms with van der Waals surface area (Å²) in [4.78, 5) is 3.84. The molecule has 0 amide bonds. The molecule has 0 unspecified atom stereocenters. The quantitative estimate of drug-likeness (QED) is 0.676. The van der Waals surface area contributed by atoms with Crippen LogP contribution in [0.25, 0.3) is 0 Å². The highest BCUT2D eigenvalue weighted by Gasteiger charge is 2.18. The van der Waals surface area contributed by atoms with Crippen molar-refractivity contribution in [1.29, 1.82) is 0 Å². The van der Waals surface area contributed by atoms with Gasteiger partial charge in [-0.15, -0.1) is 0 Å². The number of nitrogens with one attached hydrogen (secondary N) is 2. The molecule has 0 saturated carbocycles. The summed E-state index contributed by atoms with van der Waals surface area (Å²) in [5.41, 5.74) is 0.172. The van der Waals surface area contributed by atoms with Gasteiger partial charge in [-0.1, -0.05) is 6.07 Å². The van der Waals surface area contributed by atoms with E-state index in [1.165, 1.54) is 31.3 Å². The maximum atomic E-state index is 13.7. The summed E-state index contributed by atoms with van der Waals surface area (Å²) < 4.78 is 67.5. The average molecular weight is 393 g/mol. The number of halogens is 3. The first-order chi connectivity index (χ1) is 12.8. The maximum absolute atomic E-state index is 13.7. The number of anilines is 3. The summed E-state index contributed by atoms with van der Waals surface area (Å²) in [5.74, 6) is -2.09. The maximum Gasteiger partial charge on any atom is 0.263 e. The Bertz CT molecular complexity index is 1070. The van der Waals surface area contributed by atoms with E-state index in [9.17, 15) is 21.6 Å². The van der Waals surface area contributed by atoms with E-state index in [1.54, 1.807) is 0 Å². The molecule has 9 heteroatoms. The van der Waals surface area contributed by atoms with Crippen LogP contribution in [0.2, 0.25) is 0 Å². The minimum Gasteiger partial charge on any atom is -0.349 e. The first-order valence-electron chi connectivity index (χ1n) is 7.72. The SMILES string of the molecule is Cc1cc(F)ccc1S(=O)(=O)Nc1ccc(Nc2c(F)cccc2F)cn1. The van der Waals surface area contributed by atoms with E-state index in [2.05, 4.69) is 15.0 Å². The number of aromatic nitrogens is 1. The van der Waals surface area contributed by atoms with Crippen LogP contribution in [-0.2, 0) is 10.0 Å². The van der Waals surface area contributed by atoms with Crippen molar-refractivity contribution in [3.05, 3.63) is 77.7 Å². The Balaban J connectivity index is 1.79. The first kappa shape index (κ1) is 18.7. The average Bonchev–Trinajstić information content (AvgIpc) is 2.59. The third-order valence-electron chi connectivity index (χ3n) is 3.66. The van der Waals surface area contributed by atoms with Gasteiger partial charge in [0.25, 0.3) is 10.0 Å². The van der Waals surface area contributed by atoms with Gasteiger partial charge in [-0.2, -0.15) is 0 Å². The second kappa shape index (κ2) is 7.28. The number of aryl methyl sites for hydroxylation is 1. The highest BCUT2D eigenvalue weighted by Crippen LogP contribution is 2.24. The van der Waals surface area contributed by atoms with Gasteiger partial charge >= 0.3 is 0 Å². The standard InChI is InChI=1S/C18H14F3N3O2S/c1-11-9-12(19)5-7-16(11)27(25,26)24-17-8-6-13(10-22-17)23-18-14(20)3-2-4-15(18)21/h2-10,23H,1H3,(H,22,24). The zero-order chi connectivity index (χ0) is 19.6. The molecular weight excluding hydrogens is 379 g/mol. The molecule has 2 aromatic carbocycles. The Hall–Kier alpha value is -3.07. The van der Waals surface area contributed by atoms with Crippen molar-refractivity contribution in [2.45, 2.75) is 11.8 Å². The van der Waals surface area contributed by atoms with Gasteiger partial charge in [0, 0.05) is 0 Å². The number of para-hydroxylation sites is 1. The Morgan fingerprint density at radius 2 is 1.67 bits per heavy atom. The van der Waals surface area contributed by atoms with Crippen LogP contribution in [0.5, 0.6) is 0 Å². The molecule has 1 aromatic heterocycles. The molecule has 27 heavy (non-hydrogen) atoms. The Labute approximate surface area is 153 Å². The van der Waals surface area contributed by atoms with E-state index < -0.39 is 27.5 Å². The predicted octanol–water partition coefficient (Wildman–Crippen LogP) is 4.35. The number of nitrogens with zero attached hydrogens (tertiary/aromatic N) is 1. The van der Waals surface area contributed by atoms with Crippen molar-refractivity contribution in [1.82, 2.24) is 4.98 Å². The molecule has 0 aliphatic carbocycles. The smallest absolute Gasteiger partial charge is 0.263 e. The van der Waals surface area contributed by atoms with Gasteiger partial charge in [0.1, 0.15) is 29.0 Å². The van der Waals surface area contributed by atoms with Crippen LogP contribution >= 0.6 is 0 Å². The summed E-state index contributed by atoms with van der Waals surface area (Å²) in [5, 5.41) is 2.55. The van der Waals surface area contributed by atoms with E-state index in [0.717, 1.165) is 30.3 Å². The van der Waals surface area contributed by atoms with Crippen molar-refractivity contribution < 1.29 is 21.6 Å². The molecule has 3 aromatic rings. The lowest BCUT2D eigenvalue weighted by atomic mass is 10.2. The van der Waals surface area contributed by atoms with Gasteiger partial charge in [-0.05, 0) is 55.0 Å². The third-order valence-corrected chi connectivity index (χ3v) is 5.18. The van der Waals surface area contributed by atoms with Gasteiger partial charge in [-0.3, -0.25) is 4.72 Å². The van der Waals surface area contributed by atoms with Crippen molar-refractivity contribution in [2.75, 3.05) is 10.0 Å². The van der Waals surface area contributed by atoms with Gasteiger partial charge in [0.2, 0.25) is 0 Å². The monoisotopic (exact) mass is 393 g/mol. The second-order valence-corrected chi connectivity index (χ2v) is 7.32. The van der Waals surface area contributed by atoms with Gasteiger partial charge < -0.3 is 5.32 Å². The van der Waals surface area contributed by atoms with Crippen LogP contribution in [0.3, 0.4) is 0 Å². The van der Waals surface area contributed by atoms with Gasteiger partial charge in [0.05, 0.1) is 16.8 Å². The minimum atomic E-state index is -3.97. The van der Waals surface area contributed by atoms with Crippen molar-refractivity contribution in [3.8, 4) is 0 Å². The third kappa shape index (κ3) is 4.20. The Morgan fingerprint density at radius 3 is 2.26 bits per heavy atom. The van der Waals surface area contributed by atoms with E-state index in [4.69, 9.17) is 0 Å². The van der Waals surface area contributed by atoms with Crippen LogP contribution in [-0.4, -0.2) is 13.4 Å². The molecule has 0 radical (unpaired) electrons. The molecule has 0 aliphatic rings. The Morgan fingerprint density at radius 1 is 0.963 bits per heavy atom. The number of pyridine rings is 1. The molecule has 140 valence electrons. The largest absolute Gasteiger partial charge is 0.349 e. The van der Waals surface area contributed by atoms with E-state index >= 15 is 0 Å². The lowest BCUT2D eigenvalue weighted by Crippen LogP contribution is -2.15. The fraction of sp³-hybridized carbons (Fsp3) is 0.0556. The molecule has 0 saturated heterocycles. The zero-order valence-electron chi connectivity index (χ0n) is 14.0. The van der Waals surface area contributed by atoms with Crippen LogP contribution in [0.1, 0.15) is 5.56 Å². The van der Waals surface area contributed by atoms with Gasteiger partial charge in [-0.25, -0.2) is 26.6 Å². The second-order valence-electron chi connectivity index (χ2n) is 5.67. The van der Waals surface area contributed by atoms with E-state index in [-0.39, 0.29) is 27.7 Å². The summed E-state index contributed by atoms with van der Waals surface area (Å²) in [6, 6.07) is 9.50. The fourth-order valence-corrected chi connectivity index (χ4v) is 3.63. The van der Waals surface area contributed by atoms with Crippen LogP contribution in [0.15, 0.2) is 59.6 Å². The molecule has 0 fully saturated rings. The molecular formula is C18H14F3N3O2S. The van der Waals surface area contributed by atoms with Crippen LogP contribution < -0.4 is 10.0 Å². The summed E-state index contributed by atoms with van der Waals surface area (Å²) >= 11 is 0. The summed E-state index contributed by atoms with van der Waals surface area (Å²) in [7, 11) is -3.97. The molecule has 0 atom stereocenters. The molecule has 0 spiro atoms. The minimum absolute atomic E-state index is 0.00159. The molecule has 3 rings (SSSR count).